The molecule has 9 nitrogen and oxygen atoms in total. The van der Waals surface area contributed by atoms with E-state index in [2.05, 4.69) is 56.3 Å². The highest BCUT2D eigenvalue weighted by atomic mass is 16.1. The molecule has 0 saturated heterocycles. The topological polar surface area (TPSA) is 117 Å². The van der Waals surface area contributed by atoms with E-state index in [4.69, 9.17) is 0 Å². The lowest BCUT2D eigenvalue weighted by Crippen LogP contribution is -2.18. The first kappa shape index (κ1) is 15.2. The van der Waals surface area contributed by atoms with Crippen LogP contribution in [0.25, 0.3) is 11.0 Å². The predicted octanol–water partition coefficient (Wildman–Crippen LogP) is 0.727. The van der Waals surface area contributed by atoms with E-state index in [-0.39, 0.29) is 11.1 Å². The number of nitrogens with one attached hydrogen (secondary N) is 3. The minimum absolute atomic E-state index is 0.164. The van der Waals surface area contributed by atoms with Gasteiger partial charge in [-0.1, -0.05) is 20.8 Å². The van der Waals surface area contributed by atoms with Crippen molar-refractivity contribution >= 4 is 16.9 Å². The van der Waals surface area contributed by atoms with Gasteiger partial charge in [-0.15, -0.1) is 0 Å². The number of fused-ring (bicyclic) bond motifs is 1. The molecule has 0 saturated carbocycles. The minimum atomic E-state index is -0.299. The largest absolute Gasteiger partial charge is 0.369 e. The monoisotopic (exact) mass is 316 g/mol. The number of aryl methyl sites for hydroxylation is 1. The first-order valence-corrected chi connectivity index (χ1v) is 7.42. The molecular formula is C14H20N8O. The average molecular weight is 316 g/mol. The molecule has 0 bridgehead atoms. The standard InChI is InChI=1S/C14H20N8O/c1-14(2,3)12-18-10(8-7-16-22(4)11(8)19-12)15-6-5-9-17-13(23)21-20-9/h7H,5-6H2,1-4H3,(H,15,18,19)(H2,17,20,21,23). The summed E-state index contributed by atoms with van der Waals surface area (Å²) in [4.78, 5) is 22.9. The van der Waals surface area contributed by atoms with Crippen LogP contribution in [0.3, 0.4) is 0 Å². The first-order chi connectivity index (χ1) is 10.8. The maximum absolute atomic E-state index is 11.0. The van der Waals surface area contributed by atoms with Gasteiger partial charge in [0.1, 0.15) is 17.5 Å². The molecular weight excluding hydrogens is 296 g/mol. The molecule has 23 heavy (non-hydrogen) atoms. The Hall–Kier alpha value is -2.71. The third kappa shape index (κ3) is 3.08. The highest BCUT2D eigenvalue weighted by Crippen LogP contribution is 2.25. The van der Waals surface area contributed by atoms with Gasteiger partial charge >= 0.3 is 5.69 Å². The summed E-state index contributed by atoms with van der Waals surface area (Å²) >= 11 is 0. The van der Waals surface area contributed by atoms with Gasteiger partial charge in [0.2, 0.25) is 0 Å². The van der Waals surface area contributed by atoms with Crippen molar-refractivity contribution in [3.8, 4) is 0 Å². The molecule has 3 rings (SSSR count). The summed E-state index contributed by atoms with van der Waals surface area (Å²) in [5.41, 5.74) is 0.329. The first-order valence-electron chi connectivity index (χ1n) is 7.42. The van der Waals surface area contributed by atoms with Gasteiger partial charge in [0.15, 0.2) is 5.65 Å². The van der Waals surface area contributed by atoms with E-state index in [1.165, 1.54) is 0 Å². The van der Waals surface area contributed by atoms with Crippen LogP contribution in [0.5, 0.6) is 0 Å². The van der Waals surface area contributed by atoms with Crippen molar-refractivity contribution in [2.45, 2.75) is 32.6 Å². The molecule has 0 spiro atoms. The fraction of sp³-hybridized carbons (Fsp3) is 0.500. The highest BCUT2D eigenvalue weighted by Gasteiger charge is 2.21. The summed E-state index contributed by atoms with van der Waals surface area (Å²) in [6.07, 6.45) is 2.33. The Labute approximate surface area is 132 Å². The minimum Gasteiger partial charge on any atom is -0.369 e. The summed E-state index contributed by atoms with van der Waals surface area (Å²) < 4.78 is 1.74. The molecule has 0 aliphatic rings. The van der Waals surface area contributed by atoms with Crippen molar-refractivity contribution in [3.05, 3.63) is 28.3 Å². The van der Waals surface area contributed by atoms with Gasteiger partial charge < -0.3 is 5.32 Å². The number of nitrogens with zero attached hydrogens (tertiary/aromatic N) is 5. The molecule has 0 amide bonds. The van der Waals surface area contributed by atoms with Crippen LogP contribution in [0.4, 0.5) is 5.82 Å². The number of aromatic amines is 2. The van der Waals surface area contributed by atoms with Crippen molar-refractivity contribution in [2.24, 2.45) is 7.05 Å². The van der Waals surface area contributed by atoms with Crippen LogP contribution in [-0.2, 0) is 18.9 Å². The molecule has 0 aromatic carbocycles. The van der Waals surface area contributed by atoms with Gasteiger partial charge in [0, 0.05) is 25.4 Å². The van der Waals surface area contributed by atoms with Gasteiger partial charge in [-0.2, -0.15) is 10.2 Å². The van der Waals surface area contributed by atoms with E-state index < -0.39 is 0 Å². The lowest BCUT2D eigenvalue weighted by atomic mass is 9.95. The SMILES string of the molecule is Cn1ncc2c(NCCc3n[nH]c(=O)[nH]3)nc(C(C)(C)C)nc21. The number of H-pyrrole nitrogens is 2. The average Bonchev–Trinajstić information content (AvgIpc) is 3.05. The number of aromatic nitrogens is 7. The van der Waals surface area contributed by atoms with Gasteiger partial charge in [-0.25, -0.2) is 19.9 Å². The zero-order valence-corrected chi connectivity index (χ0v) is 13.6. The van der Waals surface area contributed by atoms with Crippen molar-refractivity contribution in [3.63, 3.8) is 0 Å². The van der Waals surface area contributed by atoms with Gasteiger partial charge in [0.25, 0.3) is 0 Å². The molecule has 3 heterocycles. The number of hydrogen-bond acceptors (Lipinski definition) is 6. The molecule has 122 valence electrons. The molecule has 0 aliphatic carbocycles. The third-order valence-corrected chi connectivity index (χ3v) is 3.47. The van der Waals surface area contributed by atoms with Crippen molar-refractivity contribution < 1.29 is 0 Å². The molecule has 0 unspecified atom stereocenters. The Morgan fingerprint density at radius 2 is 2.09 bits per heavy atom. The number of hydrogen-bond donors (Lipinski definition) is 3. The predicted molar refractivity (Wildman–Crippen MR) is 86.4 cm³/mol. The van der Waals surface area contributed by atoms with E-state index in [9.17, 15) is 4.79 Å². The van der Waals surface area contributed by atoms with Gasteiger partial charge in [0.05, 0.1) is 11.6 Å². The normalized spacial score (nSPS) is 12.0. The second-order valence-corrected chi connectivity index (χ2v) is 6.45. The molecule has 0 fully saturated rings. The van der Waals surface area contributed by atoms with E-state index in [1.807, 2.05) is 7.05 Å². The Balaban J connectivity index is 1.88. The summed E-state index contributed by atoms with van der Waals surface area (Å²) in [5.74, 6) is 2.10. The van der Waals surface area contributed by atoms with E-state index in [0.717, 1.165) is 22.7 Å². The molecule has 0 aliphatic heterocycles. The lowest BCUT2D eigenvalue weighted by molar-refractivity contribution is 0.547. The van der Waals surface area contributed by atoms with E-state index >= 15 is 0 Å². The van der Waals surface area contributed by atoms with Gasteiger partial charge in [-0.3, -0.25) is 9.67 Å². The molecule has 9 heteroatoms. The van der Waals surface area contributed by atoms with Crippen LogP contribution in [0.15, 0.2) is 11.0 Å². The Morgan fingerprint density at radius 1 is 1.30 bits per heavy atom. The quantitative estimate of drug-likeness (QED) is 0.653. The summed E-state index contributed by atoms with van der Waals surface area (Å²) in [6.45, 7) is 6.81. The molecule has 3 aromatic heterocycles. The summed E-state index contributed by atoms with van der Waals surface area (Å²) in [5, 5.41) is 14.7. The van der Waals surface area contributed by atoms with Crippen LogP contribution in [0.2, 0.25) is 0 Å². The second-order valence-electron chi connectivity index (χ2n) is 6.45. The maximum atomic E-state index is 11.0. The Morgan fingerprint density at radius 3 is 2.74 bits per heavy atom. The lowest BCUT2D eigenvalue weighted by Gasteiger charge is -2.18. The van der Waals surface area contributed by atoms with Crippen LogP contribution >= 0.6 is 0 Å². The fourth-order valence-corrected chi connectivity index (χ4v) is 2.22. The van der Waals surface area contributed by atoms with Gasteiger partial charge in [-0.05, 0) is 0 Å². The molecule has 3 aromatic rings. The van der Waals surface area contributed by atoms with E-state index in [0.29, 0.717) is 18.8 Å². The number of rotatable bonds is 4. The van der Waals surface area contributed by atoms with Crippen LogP contribution in [0, 0.1) is 0 Å². The Bertz CT molecular complexity index is 882. The second kappa shape index (κ2) is 5.49. The third-order valence-electron chi connectivity index (χ3n) is 3.47. The van der Waals surface area contributed by atoms with Crippen LogP contribution < -0.4 is 11.0 Å². The fourth-order valence-electron chi connectivity index (χ4n) is 2.22. The number of anilines is 1. The maximum Gasteiger partial charge on any atom is 0.340 e. The van der Waals surface area contributed by atoms with Crippen molar-refractivity contribution in [2.75, 3.05) is 11.9 Å². The van der Waals surface area contributed by atoms with Crippen molar-refractivity contribution in [1.82, 2.24) is 34.9 Å². The zero-order valence-electron chi connectivity index (χ0n) is 13.6. The van der Waals surface area contributed by atoms with Crippen LogP contribution in [0.1, 0.15) is 32.4 Å². The zero-order chi connectivity index (χ0) is 16.6. The van der Waals surface area contributed by atoms with E-state index in [1.54, 1.807) is 10.9 Å². The summed E-state index contributed by atoms with van der Waals surface area (Å²) in [7, 11) is 1.86. The molecule has 0 radical (unpaired) electrons. The Kier molecular flexibility index (Phi) is 3.63. The summed E-state index contributed by atoms with van der Waals surface area (Å²) in [6, 6.07) is 0. The smallest absolute Gasteiger partial charge is 0.340 e. The highest BCUT2D eigenvalue weighted by molar-refractivity contribution is 5.86. The molecule has 0 atom stereocenters. The van der Waals surface area contributed by atoms with Crippen molar-refractivity contribution in [1.29, 1.82) is 0 Å². The molecule has 3 N–H and O–H groups in total. The van der Waals surface area contributed by atoms with Crippen LogP contribution in [-0.4, -0.2) is 41.5 Å².